The van der Waals surface area contributed by atoms with Gasteiger partial charge in [0.05, 0.1) is 24.1 Å². The summed E-state index contributed by atoms with van der Waals surface area (Å²) in [7, 11) is 0. The molecule has 3 heterocycles. The van der Waals surface area contributed by atoms with Gasteiger partial charge in [-0.3, -0.25) is 4.90 Å². The SMILES string of the molecule is Clc1ccc(-n2cc(CN3CCOC4(CCOCC4)C3)cn2)cc1. The zero-order valence-corrected chi connectivity index (χ0v) is 14.4. The van der Waals surface area contributed by atoms with Crippen LogP contribution in [0.2, 0.25) is 5.02 Å². The molecule has 4 rings (SSSR count). The molecular weight excluding hydrogens is 326 g/mol. The third-order valence-electron chi connectivity index (χ3n) is 4.86. The third-order valence-corrected chi connectivity index (χ3v) is 5.12. The van der Waals surface area contributed by atoms with E-state index >= 15 is 0 Å². The maximum Gasteiger partial charge on any atom is 0.0853 e. The molecule has 24 heavy (non-hydrogen) atoms. The van der Waals surface area contributed by atoms with Crippen molar-refractivity contribution in [1.29, 1.82) is 0 Å². The van der Waals surface area contributed by atoms with Gasteiger partial charge < -0.3 is 9.47 Å². The Morgan fingerprint density at radius 3 is 2.71 bits per heavy atom. The van der Waals surface area contributed by atoms with Crippen LogP contribution in [0.5, 0.6) is 0 Å². The van der Waals surface area contributed by atoms with Crippen LogP contribution >= 0.6 is 11.6 Å². The van der Waals surface area contributed by atoms with Crippen LogP contribution in [0.1, 0.15) is 18.4 Å². The van der Waals surface area contributed by atoms with E-state index < -0.39 is 0 Å². The molecule has 0 aliphatic carbocycles. The van der Waals surface area contributed by atoms with Gasteiger partial charge >= 0.3 is 0 Å². The van der Waals surface area contributed by atoms with E-state index in [4.69, 9.17) is 21.1 Å². The van der Waals surface area contributed by atoms with Gasteiger partial charge in [-0.25, -0.2) is 4.68 Å². The first-order chi connectivity index (χ1) is 11.7. The number of rotatable bonds is 3. The summed E-state index contributed by atoms with van der Waals surface area (Å²) < 4.78 is 13.5. The van der Waals surface area contributed by atoms with Gasteiger partial charge in [-0.1, -0.05) is 11.6 Å². The molecule has 0 bridgehead atoms. The quantitative estimate of drug-likeness (QED) is 0.856. The average Bonchev–Trinajstić information content (AvgIpc) is 3.05. The molecular formula is C18H22ClN3O2. The minimum Gasteiger partial charge on any atom is -0.381 e. The molecule has 0 N–H and O–H groups in total. The van der Waals surface area contributed by atoms with Crippen molar-refractivity contribution in [3.05, 3.63) is 47.2 Å². The zero-order chi connectivity index (χ0) is 16.4. The molecule has 1 aromatic carbocycles. The predicted molar refractivity (Wildman–Crippen MR) is 92.6 cm³/mol. The highest BCUT2D eigenvalue weighted by molar-refractivity contribution is 6.30. The topological polar surface area (TPSA) is 39.5 Å². The first-order valence-electron chi connectivity index (χ1n) is 8.46. The lowest BCUT2D eigenvalue weighted by molar-refractivity contribution is -0.155. The molecule has 0 amide bonds. The molecule has 2 saturated heterocycles. The normalized spacial score (nSPS) is 21.2. The van der Waals surface area contributed by atoms with Crippen LogP contribution in [0.4, 0.5) is 0 Å². The average molecular weight is 348 g/mol. The van der Waals surface area contributed by atoms with Gasteiger partial charge in [-0.2, -0.15) is 5.10 Å². The number of aromatic nitrogens is 2. The third kappa shape index (κ3) is 3.49. The Bertz CT molecular complexity index is 674. The van der Waals surface area contributed by atoms with Crippen molar-refractivity contribution in [2.45, 2.75) is 25.0 Å². The van der Waals surface area contributed by atoms with Crippen LogP contribution in [0.25, 0.3) is 5.69 Å². The molecule has 6 heteroatoms. The van der Waals surface area contributed by atoms with Crippen LogP contribution < -0.4 is 0 Å². The zero-order valence-electron chi connectivity index (χ0n) is 13.7. The van der Waals surface area contributed by atoms with Crippen molar-refractivity contribution in [3.63, 3.8) is 0 Å². The number of morpholine rings is 1. The van der Waals surface area contributed by atoms with Crippen molar-refractivity contribution >= 4 is 11.6 Å². The number of hydrogen-bond donors (Lipinski definition) is 0. The molecule has 2 fully saturated rings. The van der Waals surface area contributed by atoms with E-state index in [1.54, 1.807) is 0 Å². The molecule has 5 nitrogen and oxygen atoms in total. The van der Waals surface area contributed by atoms with E-state index in [1.165, 1.54) is 5.56 Å². The Morgan fingerprint density at radius 2 is 1.92 bits per heavy atom. The monoisotopic (exact) mass is 347 g/mol. The van der Waals surface area contributed by atoms with Crippen molar-refractivity contribution in [3.8, 4) is 5.69 Å². The summed E-state index contributed by atoms with van der Waals surface area (Å²) in [6.07, 6.45) is 6.02. The second-order valence-corrected chi connectivity index (χ2v) is 7.06. The van der Waals surface area contributed by atoms with E-state index in [0.29, 0.717) is 0 Å². The minimum absolute atomic E-state index is 0.0112. The summed E-state index contributed by atoms with van der Waals surface area (Å²) in [5, 5.41) is 5.22. The standard InChI is InChI=1S/C18H22ClN3O2/c19-16-1-3-17(4-2-16)22-13-15(11-20-22)12-21-7-10-24-18(14-21)5-8-23-9-6-18/h1-4,11,13H,5-10,12,14H2. The summed E-state index contributed by atoms with van der Waals surface area (Å²) in [6.45, 7) is 5.26. The summed E-state index contributed by atoms with van der Waals surface area (Å²) in [5.74, 6) is 0. The fourth-order valence-electron chi connectivity index (χ4n) is 3.54. The van der Waals surface area contributed by atoms with Crippen LogP contribution in [0.3, 0.4) is 0 Å². The number of benzene rings is 1. The second-order valence-electron chi connectivity index (χ2n) is 6.62. The molecule has 2 aliphatic heterocycles. The molecule has 1 aromatic heterocycles. The fraction of sp³-hybridized carbons (Fsp3) is 0.500. The van der Waals surface area contributed by atoms with Crippen LogP contribution in [-0.2, 0) is 16.0 Å². The van der Waals surface area contributed by atoms with Crippen molar-refractivity contribution in [2.24, 2.45) is 0 Å². The lowest BCUT2D eigenvalue weighted by atomic mass is 9.92. The van der Waals surface area contributed by atoms with Gasteiger partial charge in [-0.05, 0) is 24.3 Å². The lowest BCUT2D eigenvalue weighted by Crippen LogP contribution is -2.53. The summed E-state index contributed by atoms with van der Waals surface area (Å²) in [5.41, 5.74) is 2.23. The summed E-state index contributed by atoms with van der Waals surface area (Å²) in [4.78, 5) is 2.47. The number of halogens is 1. The number of nitrogens with zero attached hydrogens (tertiary/aromatic N) is 3. The number of ether oxygens (including phenoxy) is 2. The highest BCUT2D eigenvalue weighted by Gasteiger charge is 2.38. The lowest BCUT2D eigenvalue weighted by Gasteiger charge is -2.44. The maximum atomic E-state index is 6.11. The molecule has 0 radical (unpaired) electrons. The van der Waals surface area contributed by atoms with Gasteiger partial charge in [0, 0.05) is 62.5 Å². The van der Waals surface area contributed by atoms with Crippen LogP contribution in [-0.4, -0.2) is 53.2 Å². The maximum absolute atomic E-state index is 6.11. The molecule has 1 spiro atoms. The van der Waals surface area contributed by atoms with Crippen LogP contribution in [0.15, 0.2) is 36.7 Å². The summed E-state index contributed by atoms with van der Waals surface area (Å²) >= 11 is 5.95. The van der Waals surface area contributed by atoms with Crippen molar-refractivity contribution in [1.82, 2.24) is 14.7 Å². The van der Waals surface area contributed by atoms with Gasteiger partial charge in [0.2, 0.25) is 0 Å². The van der Waals surface area contributed by atoms with E-state index in [9.17, 15) is 0 Å². The van der Waals surface area contributed by atoms with Gasteiger partial charge in [0.25, 0.3) is 0 Å². The van der Waals surface area contributed by atoms with E-state index in [2.05, 4.69) is 16.2 Å². The van der Waals surface area contributed by atoms with Gasteiger partial charge in [0.1, 0.15) is 0 Å². The van der Waals surface area contributed by atoms with Crippen LogP contribution in [0, 0.1) is 0 Å². The molecule has 2 aromatic rings. The smallest absolute Gasteiger partial charge is 0.0853 e. The Morgan fingerprint density at radius 1 is 1.12 bits per heavy atom. The van der Waals surface area contributed by atoms with E-state index in [-0.39, 0.29) is 5.60 Å². The molecule has 2 aliphatic rings. The fourth-order valence-corrected chi connectivity index (χ4v) is 3.67. The first kappa shape index (κ1) is 16.1. The highest BCUT2D eigenvalue weighted by atomic mass is 35.5. The Hall–Kier alpha value is -1.40. The molecule has 0 saturated carbocycles. The Labute approximate surface area is 147 Å². The Balaban J connectivity index is 1.43. The predicted octanol–water partition coefficient (Wildman–Crippen LogP) is 2.91. The largest absolute Gasteiger partial charge is 0.381 e. The molecule has 0 unspecified atom stereocenters. The van der Waals surface area contributed by atoms with Crippen molar-refractivity contribution in [2.75, 3.05) is 32.9 Å². The highest BCUT2D eigenvalue weighted by Crippen LogP contribution is 2.29. The number of hydrogen-bond acceptors (Lipinski definition) is 4. The Kier molecular flexibility index (Phi) is 4.59. The van der Waals surface area contributed by atoms with E-state index in [1.807, 2.05) is 35.1 Å². The first-order valence-corrected chi connectivity index (χ1v) is 8.84. The van der Waals surface area contributed by atoms with E-state index in [0.717, 1.165) is 63.0 Å². The second kappa shape index (κ2) is 6.84. The molecule has 128 valence electrons. The van der Waals surface area contributed by atoms with Gasteiger partial charge in [-0.15, -0.1) is 0 Å². The summed E-state index contributed by atoms with van der Waals surface area (Å²) in [6, 6.07) is 7.72. The molecule has 0 atom stereocenters. The minimum atomic E-state index is -0.0112. The van der Waals surface area contributed by atoms with Crippen molar-refractivity contribution < 1.29 is 9.47 Å². The van der Waals surface area contributed by atoms with Gasteiger partial charge in [0.15, 0.2) is 0 Å².